The lowest BCUT2D eigenvalue weighted by Gasteiger charge is -2.21. The van der Waals surface area contributed by atoms with Gasteiger partial charge in [0.2, 0.25) is 15.9 Å². The fourth-order valence-corrected chi connectivity index (χ4v) is 2.92. The molecule has 5 nitrogen and oxygen atoms in total. The summed E-state index contributed by atoms with van der Waals surface area (Å²) in [7, 11) is -3.37. The van der Waals surface area contributed by atoms with Gasteiger partial charge in [-0.25, -0.2) is 13.1 Å². The molecule has 0 bridgehead atoms. The Morgan fingerprint density at radius 2 is 2.06 bits per heavy atom. The average molecular weight is 268 g/mol. The van der Waals surface area contributed by atoms with E-state index in [4.69, 9.17) is 0 Å². The van der Waals surface area contributed by atoms with Crippen LogP contribution in [-0.4, -0.2) is 33.2 Å². The number of sulfonamides is 1. The molecule has 0 saturated carbocycles. The van der Waals surface area contributed by atoms with E-state index in [1.54, 1.807) is 11.8 Å². The smallest absolute Gasteiger partial charge is 0.244 e. The van der Waals surface area contributed by atoms with Gasteiger partial charge in [-0.2, -0.15) is 0 Å². The summed E-state index contributed by atoms with van der Waals surface area (Å²) in [4.78, 5) is 13.8. The summed E-state index contributed by atoms with van der Waals surface area (Å²) in [5.74, 6) is -0.217. The van der Waals surface area contributed by atoms with Crippen LogP contribution in [0.5, 0.6) is 0 Å². The number of benzene rings is 1. The minimum Gasteiger partial charge on any atom is -0.310 e. The molecule has 0 unspecified atom stereocenters. The number of hydrogen-bond donors (Lipinski definition) is 1. The Morgan fingerprint density at radius 3 is 2.72 bits per heavy atom. The van der Waals surface area contributed by atoms with Crippen molar-refractivity contribution in [2.45, 2.75) is 19.4 Å². The Morgan fingerprint density at radius 1 is 1.39 bits per heavy atom. The van der Waals surface area contributed by atoms with E-state index in [9.17, 15) is 13.2 Å². The van der Waals surface area contributed by atoms with Crippen LogP contribution in [0.15, 0.2) is 24.3 Å². The minimum atomic E-state index is -3.37. The van der Waals surface area contributed by atoms with Crippen molar-refractivity contribution in [2.75, 3.05) is 17.7 Å². The van der Waals surface area contributed by atoms with E-state index < -0.39 is 16.1 Å². The predicted molar refractivity (Wildman–Crippen MR) is 69.9 cm³/mol. The van der Waals surface area contributed by atoms with E-state index in [-0.39, 0.29) is 5.91 Å². The van der Waals surface area contributed by atoms with E-state index in [1.165, 1.54) is 0 Å². The van der Waals surface area contributed by atoms with E-state index in [1.807, 2.05) is 24.3 Å². The second-order valence-corrected chi connectivity index (χ2v) is 6.26. The first-order chi connectivity index (χ1) is 8.38. The molecule has 98 valence electrons. The molecule has 0 saturated heterocycles. The van der Waals surface area contributed by atoms with Crippen molar-refractivity contribution < 1.29 is 13.2 Å². The van der Waals surface area contributed by atoms with Crippen LogP contribution in [0.4, 0.5) is 5.69 Å². The molecule has 18 heavy (non-hydrogen) atoms. The highest BCUT2D eigenvalue weighted by Crippen LogP contribution is 2.27. The van der Waals surface area contributed by atoms with Crippen LogP contribution < -0.4 is 9.62 Å². The zero-order valence-electron chi connectivity index (χ0n) is 10.4. The third kappa shape index (κ3) is 2.70. The number of amides is 1. The molecule has 0 spiro atoms. The molecular formula is C12H16N2O3S. The number of hydrogen-bond acceptors (Lipinski definition) is 3. The van der Waals surface area contributed by atoms with E-state index in [0.717, 1.165) is 23.9 Å². The Hall–Kier alpha value is -1.40. The van der Waals surface area contributed by atoms with Gasteiger partial charge >= 0.3 is 0 Å². The van der Waals surface area contributed by atoms with Crippen LogP contribution in [0, 0.1) is 0 Å². The van der Waals surface area contributed by atoms with Crippen molar-refractivity contribution in [3.05, 3.63) is 29.8 Å². The molecule has 0 aliphatic carbocycles. The number of nitrogens with zero attached hydrogens (tertiary/aromatic N) is 1. The number of nitrogens with one attached hydrogen (secondary N) is 1. The Bertz CT molecular complexity index is 568. The van der Waals surface area contributed by atoms with Gasteiger partial charge in [-0.1, -0.05) is 18.2 Å². The molecule has 1 aromatic carbocycles. The van der Waals surface area contributed by atoms with E-state index in [0.29, 0.717) is 6.54 Å². The number of rotatable bonds is 3. The molecule has 0 aromatic heterocycles. The molecule has 1 aliphatic heterocycles. The van der Waals surface area contributed by atoms with Crippen LogP contribution in [0.1, 0.15) is 12.5 Å². The van der Waals surface area contributed by atoms with Crippen LogP contribution in [-0.2, 0) is 21.2 Å². The summed E-state index contributed by atoms with van der Waals surface area (Å²) in [6, 6.07) is 6.93. The van der Waals surface area contributed by atoms with Crippen LogP contribution in [0.2, 0.25) is 0 Å². The van der Waals surface area contributed by atoms with Crippen molar-refractivity contribution in [1.29, 1.82) is 0 Å². The van der Waals surface area contributed by atoms with Crippen molar-refractivity contribution in [3.63, 3.8) is 0 Å². The lowest BCUT2D eigenvalue weighted by Crippen LogP contribution is -2.46. The molecule has 1 atom stereocenters. The molecule has 1 heterocycles. The van der Waals surface area contributed by atoms with Gasteiger partial charge in [0.15, 0.2) is 0 Å². The highest BCUT2D eigenvalue weighted by molar-refractivity contribution is 7.88. The van der Waals surface area contributed by atoms with Gasteiger partial charge in [-0.05, 0) is 25.0 Å². The fourth-order valence-electron chi connectivity index (χ4n) is 2.17. The summed E-state index contributed by atoms with van der Waals surface area (Å²) in [5, 5.41) is 0. The van der Waals surface area contributed by atoms with Gasteiger partial charge in [0, 0.05) is 12.2 Å². The maximum Gasteiger partial charge on any atom is 0.244 e. The van der Waals surface area contributed by atoms with Gasteiger partial charge in [0.05, 0.1) is 12.3 Å². The summed E-state index contributed by atoms with van der Waals surface area (Å²) in [6.07, 6.45) is 1.86. The summed E-state index contributed by atoms with van der Waals surface area (Å²) >= 11 is 0. The molecule has 2 rings (SSSR count). The van der Waals surface area contributed by atoms with Crippen molar-refractivity contribution in [2.24, 2.45) is 0 Å². The zero-order chi connectivity index (χ0) is 13.3. The number of carbonyl (C=O) groups is 1. The molecule has 0 radical (unpaired) electrons. The molecule has 1 aliphatic rings. The highest BCUT2D eigenvalue weighted by atomic mass is 32.2. The summed E-state index contributed by atoms with van der Waals surface area (Å²) < 4.78 is 24.6. The van der Waals surface area contributed by atoms with Gasteiger partial charge in [-0.3, -0.25) is 4.79 Å². The molecular weight excluding hydrogens is 252 g/mol. The first kappa shape index (κ1) is 13.0. The van der Waals surface area contributed by atoms with Crippen LogP contribution >= 0.6 is 0 Å². The Balaban J connectivity index is 2.17. The number of fused-ring (bicyclic) bond motifs is 1. The van der Waals surface area contributed by atoms with E-state index in [2.05, 4.69) is 4.72 Å². The second-order valence-electron chi connectivity index (χ2n) is 4.48. The topological polar surface area (TPSA) is 66.5 Å². The number of para-hydroxylation sites is 1. The summed E-state index contributed by atoms with van der Waals surface area (Å²) in [5.41, 5.74) is 2.00. The first-order valence-corrected chi connectivity index (χ1v) is 7.64. The SMILES string of the molecule is C[C@H](NS(C)(=O)=O)C(=O)N1CCc2ccccc21. The van der Waals surface area contributed by atoms with Gasteiger partial charge in [-0.15, -0.1) is 0 Å². The third-order valence-corrected chi connectivity index (χ3v) is 3.70. The number of anilines is 1. The fraction of sp³-hybridized carbons (Fsp3) is 0.417. The molecule has 1 amide bonds. The monoisotopic (exact) mass is 268 g/mol. The Labute approximate surface area is 107 Å². The lowest BCUT2D eigenvalue weighted by atomic mass is 10.2. The standard InChI is InChI=1S/C12H16N2O3S/c1-9(13-18(2,16)17)12(15)14-8-7-10-5-3-4-6-11(10)14/h3-6,9,13H,7-8H2,1-2H3/t9-/m0/s1. The molecule has 0 fully saturated rings. The predicted octanol–water partition coefficient (Wildman–Crippen LogP) is 0.513. The summed E-state index contributed by atoms with van der Waals surface area (Å²) in [6.45, 7) is 2.16. The first-order valence-electron chi connectivity index (χ1n) is 5.75. The maximum atomic E-state index is 12.2. The quantitative estimate of drug-likeness (QED) is 0.868. The van der Waals surface area contributed by atoms with Crippen LogP contribution in [0.25, 0.3) is 0 Å². The van der Waals surface area contributed by atoms with Gasteiger partial charge in [0.25, 0.3) is 0 Å². The van der Waals surface area contributed by atoms with Gasteiger partial charge < -0.3 is 4.90 Å². The maximum absolute atomic E-state index is 12.2. The highest BCUT2D eigenvalue weighted by Gasteiger charge is 2.28. The van der Waals surface area contributed by atoms with Crippen molar-refractivity contribution in [3.8, 4) is 0 Å². The zero-order valence-corrected chi connectivity index (χ0v) is 11.2. The number of carbonyl (C=O) groups excluding carboxylic acids is 1. The average Bonchev–Trinajstić information content (AvgIpc) is 2.69. The second kappa shape index (κ2) is 4.70. The van der Waals surface area contributed by atoms with Gasteiger partial charge in [0.1, 0.15) is 0 Å². The van der Waals surface area contributed by atoms with E-state index >= 15 is 0 Å². The lowest BCUT2D eigenvalue weighted by molar-refractivity contribution is -0.119. The minimum absolute atomic E-state index is 0.217. The van der Waals surface area contributed by atoms with Crippen molar-refractivity contribution >= 4 is 21.6 Å². The molecule has 1 aromatic rings. The van der Waals surface area contributed by atoms with Crippen LogP contribution in [0.3, 0.4) is 0 Å². The molecule has 1 N–H and O–H groups in total. The normalized spacial score (nSPS) is 16.4. The largest absolute Gasteiger partial charge is 0.310 e. The molecule has 6 heteroatoms. The third-order valence-electron chi connectivity index (χ3n) is 2.91. The van der Waals surface area contributed by atoms with Crippen molar-refractivity contribution in [1.82, 2.24) is 4.72 Å². The Kier molecular flexibility index (Phi) is 3.41.